The summed E-state index contributed by atoms with van der Waals surface area (Å²) in [6, 6.07) is 3.47. The lowest BCUT2D eigenvalue weighted by Gasteiger charge is -2.29. The molecule has 7 nitrogen and oxygen atoms in total. The lowest BCUT2D eigenvalue weighted by Crippen LogP contribution is -2.38. The highest BCUT2D eigenvalue weighted by Gasteiger charge is 2.41. The molecule has 4 rings (SSSR count). The van der Waals surface area contributed by atoms with Gasteiger partial charge in [0.1, 0.15) is 11.9 Å². The highest BCUT2D eigenvalue weighted by molar-refractivity contribution is 6.30. The number of methoxy groups -OCH3 is 1. The van der Waals surface area contributed by atoms with Crippen LogP contribution in [-0.4, -0.2) is 52.8 Å². The molecule has 192 valence electrons. The minimum absolute atomic E-state index is 0. The molecule has 1 aromatic heterocycles. The first kappa shape index (κ1) is 27.2. The number of nitrogens with zero attached hydrogens (tertiary/aromatic N) is 3. The number of rotatable bonds is 5. The van der Waals surface area contributed by atoms with Crippen LogP contribution in [0.25, 0.3) is 0 Å². The van der Waals surface area contributed by atoms with Crippen molar-refractivity contribution < 1.29 is 31.9 Å². The van der Waals surface area contributed by atoms with Gasteiger partial charge >= 0.3 is 12.1 Å². The Bertz CT molecular complexity index is 1110. The number of esters is 1. The molecule has 1 N–H and O–H groups in total. The normalized spacial score (nSPS) is 19.8. The van der Waals surface area contributed by atoms with Crippen molar-refractivity contribution in [3.8, 4) is 0 Å². The highest BCUT2D eigenvalue weighted by Crippen LogP contribution is 2.36. The van der Waals surface area contributed by atoms with Crippen LogP contribution in [0.5, 0.6) is 0 Å². The zero-order valence-corrected chi connectivity index (χ0v) is 20.3. The fraction of sp³-hybridized carbons (Fsp3) is 0.500. The average Bonchev–Trinajstić information content (AvgIpc) is 3.39. The third-order valence-corrected chi connectivity index (χ3v) is 6.50. The highest BCUT2D eigenvalue weighted by atomic mass is 35.5. The quantitative estimate of drug-likeness (QED) is 0.465. The van der Waals surface area contributed by atoms with Gasteiger partial charge in [-0.2, -0.15) is 18.3 Å². The molecular weight excluding hydrogens is 515 g/mol. The third-order valence-electron chi connectivity index (χ3n) is 6.27. The van der Waals surface area contributed by atoms with Crippen molar-refractivity contribution in [3.63, 3.8) is 0 Å². The van der Waals surface area contributed by atoms with E-state index >= 15 is 0 Å². The first-order valence-corrected chi connectivity index (χ1v) is 11.1. The first-order valence-electron chi connectivity index (χ1n) is 10.8. The van der Waals surface area contributed by atoms with Crippen LogP contribution in [0.4, 0.5) is 17.6 Å². The lowest BCUT2D eigenvalue weighted by atomic mass is 9.99. The summed E-state index contributed by atoms with van der Waals surface area (Å²) in [6.07, 6.45) is -4.07. The van der Waals surface area contributed by atoms with E-state index in [1.807, 2.05) is 0 Å². The van der Waals surface area contributed by atoms with Crippen LogP contribution in [0, 0.1) is 11.7 Å². The van der Waals surface area contributed by atoms with Gasteiger partial charge in [-0.05, 0) is 37.4 Å². The standard InChI is InChI=1S/C22H23ClF4N4O3.ClH/c1-34-21(33)17-6-12(9-28-17)7-19(32)30-5-4-15-18(11-30)31(29-20(15)22(25,26)27)10-13-2-3-14(23)8-16(13)24;/h2-3,8,12,17,28H,4-7,9-11H2,1H3;1H/t12?,17-;/m0./s1. The van der Waals surface area contributed by atoms with E-state index in [2.05, 4.69) is 10.4 Å². The predicted molar refractivity (Wildman–Crippen MR) is 121 cm³/mol. The number of nitrogens with one attached hydrogen (secondary N) is 1. The van der Waals surface area contributed by atoms with Crippen LogP contribution in [0.15, 0.2) is 18.2 Å². The maximum absolute atomic E-state index is 14.3. The molecular formula is C22H24Cl2F4N4O3. The third kappa shape index (κ3) is 5.90. The van der Waals surface area contributed by atoms with Crippen molar-refractivity contribution in [1.82, 2.24) is 20.0 Å². The molecule has 35 heavy (non-hydrogen) atoms. The Morgan fingerprint density at radius 1 is 1.31 bits per heavy atom. The van der Waals surface area contributed by atoms with Crippen LogP contribution in [0.2, 0.25) is 5.02 Å². The largest absolute Gasteiger partial charge is 0.468 e. The van der Waals surface area contributed by atoms with Gasteiger partial charge in [-0.3, -0.25) is 14.3 Å². The molecule has 13 heteroatoms. The van der Waals surface area contributed by atoms with Gasteiger partial charge in [0, 0.05) is 29.1 Å². The molecule has 1 unspecified atom stereocenters. The number of aromatic nitrogens is 2. The van der Waals surface area contributed by atoms with Crippen LogP contribution in [-0.2, 0) is 40.0 Å². The summed E-state index contributed by atoms with van der Waals surface area (Å²) in [5, 5.41) is 6.94. The van der Waals surface area contributed by atoms with Gasteiger partial charge < -0.3 is 15.0 Å². The number of fused-ring (bicyclic) bond motifs is 1. The van der Waals surface area contributed by atoms with E-state index < -0.39 is 29.7 Å². The van der Waals surface area contributed by atoms with Gasteiger partial charge in [-0.25, -0.2) is 4.39 Å². The number of carbonyl (C=O) groups is 2. The summed E-state index contributed by atoms with van der Waals surface area (Å²) < 4.78 is 61.0. The molecule has 2 aliphatic rings. The number of hydrogen-bond acceptors (Lipinski definition) is 5. The topological polar surface area (TPSA) is 76.5 Å². The fourth-order valence-corrected chi connectivity index (χ4v) is 4.68. The summed E-state index contributed by atoms with van der Waals surface area (Å²) in [5.74, 6) is -1.35. The Morgan fingerprint density at radius 2 is 2.06 bits per heavy atom. The van der Waals surface area contributed by atoms with Gasteiger partial charge in [0.15, 0.2) is 5.69 Å². The second-order valence-corrected chi connectivity index (χ2v) is 8.96. The number of benzene rings is 1. The summed E-state index contributed by atoms with van der Waals surface area (Å²) in [4.78, 5) is 26.1. The zero-order valence-electron chi connectivity index (χ0n) is 18.7. The Labute approximate surface area is 210 Å². The molecule has 0 aliphatic carbocycles. The Morgan fingerprint density at radius 3 is 2.71 bits per heavy atom. The van der Waals surface area contributed by atoms with E-state index in [9.17, 15) is 27.2 Å². The predicted octanol–water partition coefficient (Wildman–Crippen LogP) is 3.59. The van der Waals surface area contributed by atoms with Crippen molar-refractivity contribution >= 4 is 35.9 Å². The molecule has 2 aliphatic heterocycles. The van der Waals surface area contributed by atoms with Crippen molar-refractivity contribution in [1.29, 1.82) is 0 Å². The number of amides is 1. The number of hydrogen-bond donors (Lipinski definition) is 1. The second-order valence-electron chi connectivity index (χ2n) is 8.52. The minimum Gasteiger partial charge on any atom is -0.468 e. The zero-order chi connectivity index (χ0) is 24.6. The molecule has 0 spiro atoms. The van der Waals surface area contributed by atoms with Crippen molar-refractivity contribution in [2.75, 3.05) is 20.2 Å². The number of halogens is 6. The lowest BCUT2D eigenvalue weighted by molar-refractivity contribution is -0.143. The van der Waals surface area contributed by atoms with Crippen LogP contribution in [0.1, 0.15) is 35.4 Å². The molecule has 3 heterocycles. The van der Waals surface area contributed by atoms with Crippen molar-refractivity contribution in [2.45, 2.75) is 44.6 Å². The average molecular weight is 539 g/mol. The number of alkyl halides is 3. The summed E-state index contributed by atoms with van der Waals surface area (Å²) >= 11 is 5.77. The summed E-state index contributed by atoms with van der Waals surface area (Å²) in [5.41, 5.74) is -0.611. The molecule has 1 saturated heterocycles. The molecule has 1 fully saturated rings. The molecule has 1 aromatic carbocycles. The van der Waals surface area contributed by atoms with E-state index in [1.165, 1.54) is 24.1 Å². The number of carbonyl (C=O) groups excluding carboxylic acids is 2. The molecule has 0 bridgehead atoms. The number of ether oxygens (including phenoxy) is 1. The summed E-state index contributed by atoms with van der Waals surface area (Å²) in [6.45, 7) is 0.303. The maximum Gasteiger partial charge on any atom is 0.435 e. The maximum atomic E-state index is 14.3. The van der Waals surface area contributed by atoms with Crippen LogP contribution >= 0.6 is 24.0 Å². The van der Waals surface area contributed by atoms with E-state index in [4.69, 9.17) is 16.3 Å². The van der Waals surface area contributed by atoms with Gasteiger partial charge in [-0.1, -0.05) is 17.7 Å². The molecule has 2 atom stereocenters. The van der Waals surface area contributed by atoms with Gasteiger partial charge in [0.2, 0.25) is 5.91 Å². The molecule has 2 aromatic rings. The second kappa shape index (κ2) is 10.7. The van der Waals surface area contributed by atoms with Crippen LogP contribution < -0.4 is 5.32 Å². The molecule has 0 radical (unpaired) electrons. The van der Waals surface area contributed by atoms with Gasteiger partial charge in [0.25, 0.3) is 0 Å². The Kier molecular flexibility index (Phi) is 8.33. The van der Waals surface area contributed by atoms with Gasteiger partial charge in [-0.15, -0.1) is 12.4 Å². The van der Waals surface area contributed by atoms with Gasteiger partial charge in [0.05, 0.1) is 25.9 Å². The Balaban J connectivity index is 0.00000342. The van der Waals surface area contributed by atoms with E-state index in [0.29, 0.717) is 13.0 Å². The van der Waals surface area contributed by atoms with Crippen molar-refractivity contribution in [3.05, 3.63) is 51.6 Å². The van der Waals surface area contributed by atoms with E-state index in [1.54, 1.807) is 0 Å². The monoisotopic (exact) mass is 538 g/mol. The van der Waals surface area contributed by atoms with E-state index in [-0.39, 0.29) is 78.6 Å². The molecule has 0 saturated carbocycles. The Hall–Kier alpha value is -2.37. The first-order chi connectivity index (χ1) is 16.1. The molecule has 1 amide bonds. The van der Waals surface area contributed by atoms with E-state index in [0.717, 1.165) is 10.7 Å². The minimum atomic E-state index is -4.67. The summed E-state index contributed by atoms with van der Waals surface area (Å²) in [7, 11) is 1.29. The SMILES string of the molecule is COC(=O)[C@@H]1CC(CC(=O)N2CCc3c(C(F)(F)F)nn(Cc4ccc(Cl)cc4F)c3C2)CN1.Cl. The fourth-order valence-electron chi connectivity index (χ4n) is 4.53. The van der Waals surface area contributed by atoms with Crippen LogP contribution in [0.3, 0.4) is 0 Å². The smallest absolute Gasteiger partial charge is 0.435 e. The van der Waals surface area contributed by atoms with Crippen molar-refractivity contribution in [2.24, 2.45) is 5.92 Å².